The van der Waals surface area contributed by atoms with E-state index in [2.05, 4.69) is 26.1 Å². The molecule has 21 heavy (non-hydrogen) atoms. The van der Waals surface area contributed by atoms with Crippen LogP contribution in [0.2, 0.25) is 0 Å². The summed E-state index contributed by atoms with van der Waals surface area (Å²) < 4.78 is 4.97. The van der Waals surface area contributed by atoms with Crippen LogP contribution in [0.4, 0.5) is 16.2 Å². The first-order chi connectivity index (χ1) is 9.85. The molecule has 114 valence electrons. The fraction of sp³-hybridized carbons (Fsp3) is 0.467. The summed E-state index contributed by atoms with van der Waals surface area (Å²) in [5.74, 6) is 0.357. The molecule has 0 spiro atoms. The number of amides is 2. The summed E-state index contributed by atoms with van der Waals surface area (Å²) in [6.45, 7) is 7.16. The largest absolute Gasteiger partial charge is 0.447 e. The van der Waals surface area contributed by atoms with E-state index in [1.807, 2.05) is 18.2 Å². The predicted molar refractivity (Wildman–Crippen MR) is 86.0 cm³/mol. The van der Waals surface area contributed by atoms with Gasteiger partial charge in [-0.1, -0.05) is 26.8 Å². The lowest BCUT2D eigenvalue weighted by molar-refractivity contribution is -0.113. The van der Waals surface area contributed by atoms with Gasteiger partial charge in [0.25, 0.3) is 0 Å². The molecule has 1 aliphatic heterocycles. The number of carbonyl (C=O) groups is 2. The number of nitrogens with zero attached hydrogens (tertiary/aromatic N) is 1. The predicted octanol–water partition coefficient (Wildman–Crippen LogP) is 3.11. The highest BCUT2D eigenvalue weighted by atomic mass is 32.2. The Morgan fingerprint density at radius 1 is 1.43 bits per heavy atom. The van der Waals surface area contributed by atoms with Crippen molar-refractivity contribution in [2.75, 3.05) is 29.1 Å². The SMILES string of the molecule is CC(C)(C)SCC(=O)Nc1cccc(N2CCOC2=O)c1. The van der Waals surface area contributed by atoms with Crippen molar-refractivity contribution in [2.45, 2.75) is 25.5 Å². The number of cyclic esters (lactones) is 1. The Labute approximate surface area is 129 Å². The van der Waals surface area contributed by atoms with Crippen LogP contribution in [0, 0.1) is 0 Å². The molecule has 1 N–H and O–H groups in total. The standard InChI is InChI=1S/C15H20N2O3S/c1-15(2,3)21-10-13(18)16-11-5-4-6-12(9-11)17-7-8-20-14(17)19/h4-6,9H,7-8,10H2,1-3H3,(H,16,18). The highest BCUT2D eigenvalue weighted by Gasteiger charge is 2.23. The normalized spacial score (nSPS) is 15.0. The molecule has 0 unspecified atom stereocenters. The molecule has 1 aromatic rings. The zero-order valence-corrected chi connectivity index (χ0v) is 13.3. The van der Waals surface area contributed by atoms with Crippen LogP contribution in [-0.4, -0.2) is 35.7 Å². The van der Waals surface area contributed by atoms with Gasteiger partial charge in [-0.25, -0.2) is 4.79 Å². The van der Waals surface area contributed by atoms with Crippen LogP contribution in [0.1, 0.15) is 20.8 Å². The van der Waals surface area contributed by atoms with Gasteiger partial charge in [0.15, 0.2) is 0 Å². The molecule has 1 aromatic carbocycles. The molecule has 5 nitrogen and oxygen atoms in total. The minimum absolute atomic E-state index is 0.0453. The van der Waals surface area contributed by atoms with E-state index in [9.17, 15) is 9.59 Å². The molecule has 1 fully saturated rings. The number of carbonyl (C=O) groups excluding carboxylic acids is 2. The fourth-order valence-corrected chi connectivity index (χ4v) is 2.49. The molecule has 0 atom stereocenters. The van der Waals surface area contributed by atoms with E-state index < -0.39 is 0 Å². The Hall–Kier alpha value is -1.69. The number of ether oxygens (including phenoxy) is 1. The summed E-state index contributed by atoms with van der Waals surface area (Å²) in [4.78, 5) is 25.0. The van der Waals surface area contributed by atoms with Gasteiger partial charge in [0, 0.05) is 16.1 Å². The maximum atomic E-state index is 11.9. The zero-order valence-electron chi connectivity index (χ0n) is 12.5. The number of nitrogens with one attached hydrogen (secondary N) is 1. The molecule has 0 aromatic heterocycles. The van der Waals surface area contributed by atoms with Crippen molar-refractivity contribution in [3.63, 3.8) is 0 Å². The summed E-state index contributed by atoms with van der Waals surface area (Å²) in [6.07, 6.45) is -0.346. The number of thioether (sulfide) groups is 1. The Morgan fingerprint density at radius 2 is 2.19 bits per heavy atom. The van der Waals surface area contributed by atoms with Gasteiger partial charge < -0.3 is 10.1 Å². The summed E-state index contributed by atoms with van der Waals surface area (Å²) >= 11 is 1.59. The summed E-state index contributed by atoms with van der Waals surface area (Å²) in [7, 11) is 0. The van der Waals surface area contributed by atoms with Crippen molar-refractivity contribution in [2.24, 2.45) is 0 Å². The molecule has 0 bridgehead atoms. The zero-order chi connectivity index (χ0) is 15.5. The van der Waals surface area contributed by atoms with E-state index in [4.69, 9.17) is 4.74 Å². The smallest absolute Gasteiger partial charge is 0.414 e. The summed E-state index contributed by atoms with van der Waals surface area (Å²) in [5, 5.41) is 2.85. The van der Waals surface area contributed by atoms with E-state index >= 15 is 0 Å². The molecule has 6 heteroatoms. The van der Waals surface area contributed by atoms with Crippen molar-refractivity contribution in [1.82, 2.24) is 0 Å². The molecule has 0 saturated carbocycles. The fourth-order valence-electron chi connectivity index (χ4n) is 1.86. The number of benzene rings is 1. The number of anilines is 2. The van der Waals surface area contributed by atoms with Crippen LogP contribution in [0.15, 0.2) is 24.3 Å². The molecular formula is C15H20N2O3S. The quantitative estimate of drug-likeness (QED) is 0.928. The van der Waals surface area contributed by atoms with Crippen molar-refractivity contribution in [3.8, 4) is 0 Å². The Morgan fingerprint density at radius 3 is 2.81 bits per heavy atom. The third-order valence-corrected chi connectivity index (χ3v) is 4.11. The average molecular weight is 308 g/mol. The number of hydrogen-bond donors (Lipinski definition) is 1. The van der Waals surface area contributed by atoms with Gasteiger partial charge in [0.2, 0.25) is 5.91 Å². The lowest BCUT2D eigenvalue weighted by Gasteiger charge is -2.17. The maximum absolute atomic E-state index is 11.9. The van der Waals surface area contributed by atoms with Gasteiger partial charge in [-0.2, -0.15) is 0 Å². The van der Waals surface area contributed by atoms with Crippen molar-refractivity contribution >= 4 is 35.1 Å². The Balaban J connectivity index is 1.98. The van der Waals surface area contributed by atoms with E-state index in [-0.39, 0.29) is 16.7 Å². The first kappa shape index (κ1) is 15.7. The van der Waals surface area contributed by atoms with Gasteiger partial charge in [-0.05, 0) is 18.2 Å². The van der Waals surface area contributed by atoms with Crippen LogP contribution in [0.25, 0.3) is 0 Å². The second kappa shape index (κ2) is 6.39. The third kappa shape index (κ3) is 4.67. The van der Waals surface area contributed by atoms with Gasteiger partial charge in [0.1, 0.15) is 6.61 Å². The molecule has 0 aliphatic carbocycles. The topological polar surface area (TPSA) is 58.6 Å². The van der Waals surface area contributed by atoms with Crippen molar-refractivity contribution < 1.29 is 14.3 Å². The van der Waals surface area contributed by atoms with E-state index in [0.717, 1.165) is 5.69 Å². The molecule has 2 amide bonds. The third-order valence-electron chi connectivity index (χ3n) is 2.84. The summed E-state index contributed by atoms with van der Waals surface area (Å²) in [6, 6.07) is 7.23. The van der Waals surface area contributed by atoms with Crippen LogP contribution < -0.4 is 10.2 Å². The second-order valence-electron chi connectivity index (χ2n) is 5.77. The molecule has 2 rings (SSSR count). The van der Waals surface area contributed by atoms with Crippen LogP contribution in [0.5, 0.6) is 0 Å². The highest BCUT2D eigenvalue weighted by molar-refractivity contribution is 8.01. The molecule has 1 aliphatic rings. The maximum Gasteiger partial charge on any atom is 0.414 e. The minimum atomic E-state index is -0.346. The number of rotatable bonds is 4. The van der Waals surface area contributed by atoms with Gasteiger partial charge in [-0.15, -0.1) is 11.8 Å². The van der Waals surface area contributed by atoms with Crippen LogP contribution in [0.3, 0.4) is 0 Å². The van der Waals surface area contributed by atoms with Crippen molar-refractivity contribution in [1.29, 1.82) is 0 Å². The summed E-state index contributed by atoms with van der Waals surface area (Å²) in [5.41, 5.74) is 1.42. The lowest BCUT2D eigenvalue weighted by atomic mass is 10.2. The molecule has 1 heterocycles. The van der Waals surface area contributed by atoms with Gasteiger partial charge in [-0.3, -0.25) is 9.69 Å². The molecular weight excluding hydrogens is 288 g/mol. The Kier molecular flexibility index (Phi) is 4.77. The second-order valence-corrected chi connectivity index (χ2v) is 7.57. The minimum Gasteiger partial charge on any atom is -0.447 e. The number of hydrogen-bond acceptors (Lipinski definition) is 4. The first-order valence-corrected chi connectivity index (χ1v) is 7.82. The van der Waals surface area contributed by atoms with Gasteiger partial charge in [0.05, 0.1) is 12.3 Å². The monoisotopic (exact) mass is 308 g/mol. The molecule has 1 saturated heterocycles. The highest BCUT2D eigenvalue weighted by Crippen LogP contribution is 2.24. The van der Waals surface area contributed by atoms with Crippen LogP contribution >= 0.6 is 11.8 Å². The first-order valence-electron chi connectivity index (χ1n) is 6.83. The Bertz CT molecular complexity index is 540. The molecule has 0 radical (unpaired) electrons. The van der Waals surface area contributed by atoms with E-state index in [0.29, 0.717) is 24.6 Å². The van der Waals surface area contributed by atoms with Crippen LogP contribution in [-0.2, 0) is 9.53 Å². The van der Waals surface area contributed by atoms with E-state index in [1.54, 1.807) is 22.7 Å². The van der Waals surface area contributed by atoms with Gasteiger partial charge >= 0.3 is 6.09 Å². The lowest BCUT2D eigenvalue weighted by Crippen LogP contribution is -2.23. The van der Waals surface area contributed by atoms with E-state index in [1.165, 1.54) is 0 Å². The average Bonchev–Trinajstić information content (AvgIpc) is 2.82. The van der Waals surface area contributed by atoms with Crippen molar-refractivity contribution in [3.05, 3.63) is 24.3 Å².